The molecule has 0 aliphatic carbocycles. The van der Waals surface area contributed by atoms with Crippen molar-refractivity contribution < 1.29 is 4.79 Å². The molecule has 2 aromatic rings. The fourth-order valence-electron chi connectivity index (χ4n) is 1.83. The molecule has 0 bridgehead atoms. The van der Waals surface area contributed by atoms with E-state index in [1.165, 1.54) is 0 Å². The summed E-state index contributed by atoms with van der Waals surface area (Å²) < 4.78 is 0. The minimum Gasteiger partial charge on any atom is -0.325 e. The van der Waals surface area contributed by atoms with E-state index < -0.39 is 6.04 Å². The number of nitrogens with one attached hydrogen (secondary N) is 1. The first-order valence-electron chi connectivity index (χ1n) is 6.86. The molecule has 1 amide bonds. The highest BCUT2D eigenvalue weighted by Crippen LogP contribution is 2.24. The van der Waals surface area contributed by atoms with Crippen molar-refractivity contribution in [3.8, 4) is 11.3 Å². The average molecular weight is 340 g/mol. The molecule has 1 aromatic carbocycles. The van der Waals surface area contributed by atoms with Crippen molar-refractivity contribution in [2.24, 2.45) is 11.1 Å². The number of nitrogens with two attached hydrogens (primary N) is 1. The lowest BCUT2D eigenvalue weighted by Crippen LogP contribution is -2.45. The number of aryl methyl sites for hydroxylation is 1. The molecule has 120 valence electrons. The molecule has 0 spiro atoms. The molecule has 0 saturated heterocycles. The minimum absolute atomic E-state index is 0. The van der Waals surface area contributed by atoms with E-state index in [1.54, 1.807) is 11.3 Å². The zero-order valence-corrected chi connectivity index (χ0v) is 14.8. The molecule has 2 rings (SSSR count). The molecule has 0 saturated carbocycles. The number of carbonyl (C=O) groups is 1. The van der Waals surface area contributed by atoms with Gasteiger partial charge in [-0.3, -0.25) is 4.79 Å². The zero-order chi connectivity index (χ0) is 15.6. The number of hydrogen-bond acceptors (Lipinski definition) is 4. The Hall–Kier alpha value is -1.43. The van der Waals surface area contributed by atoms with Crippen LogP contribution in [0.15, 0.2) is 29.6 Å². The third-order valence-corrected chi connectivity index (χ3v) is 4.06. The van der Waals surface area contributed by atoms with Gasteiger partial charge in [0.1, 0.15) is 0 Å². The maximum atomic E-state index is 12.1. The van der Waals surface area contributed by atoms with Crippen molar-refractivity contribution in [1.82, 2.24) is 4.98 Å². The molecule has 6 heteroatoms. The Morgan fingerprint density at radius 2 is 1.86 bits per heavy atom. The summed E-state index contributed by atoms with van der Waals surface area (Å²) in [5, 5.41) is 5.92. The molecule has 3 N–H and O–H groups in total. The number of rotatable bonds is 3. The molecule has 4 nitrogen and oxygen atoms in total. The molecule has 1 aromatic heterocycles. The summed E-state index contributed by atoms with van der Waals surface area (Å²) in [5.74, 6) is -0.167. The monoisotopic (exact) mass is 339 g/mol. The fourth-order valence-corrected chi connectivity index (χ4v) is 2.46. The fraction of sp³-hybridized carbons (Fsp3) is 0.375. The predicted octanol–water partition coefficient (Wildman–Crippen LogP) is 3.85. The number of amides is 1. The maximum Gasteiger partial charge on any atom is 0.241 e. The number of benzene rings is 1. The van der Waals surface area contributed by atoms with Crippen LogP contribution in [0.1, 0.15) is 25.8 Å². The lowest BCUT2D eigenvalue weighted by Gasteiger charge is -2.25. The summed E-state index contributed by atoms with van der Waals surface area (Å²) in [6.07, 6.45) is 0. The smallest absolute Gasteiger partial charge is 0.241 e. The first-order valence-corrected chi connectivity index (χ1v) is 7.74. The van der Waals surface area contributed by atoms with Gasteiger partial charge in [-0.2, -0.15) is 0 Å². The molecule has 1 atom stereocenters. The van der Waals surface area contributed by atoms with E-state index in [0.717, 1.165) is 22.0 Å². The summed E-state index contributed by atoms with van der Waals surface area (Å²) in [7, 11) is 0. The van der Waals surface area contributed by atoms with Gasteiger partial charge in [0.25, 0.3) is 0 Å². The summed E-state index contributed by atoms with van der Waals surface area (Å²) in [6, 6.07) is 7.10. The van der Waals surface area contributed by atoms with Gasteiger partial charge >= 0.3 is 0 Å². The van der Waals surface area contributed by atoms with Gasteiger partial charge < -0.3 is 11.1 Å². The van der Waals surface area contributed by atoms with Crippen LogP contribution in [0.25, 0.3) is 11.3 Å². The van der Waals surface area contributed by atoms with Gasteiger partial charge in [0.2, 0.25) is 5.91 Å². The second-order valence-corrected chi connectivity index (χ2v) is 7.22. The number of aromatic nitrogens is 1. The first-order chi connectivity index (χ1) is 9.77. The molecule has 0 radical (unpaired) electrons. The van der Waals surface area contributed by atoms with E-state index in [9.17, 15) is 4.79 Å². The van der Waals surface area contributed by atoms with Gasteiger partial charge in [-0.25, -0.2) is 4.98 Å². The van der Waals surface area contributed by atoms with Crippen molar-refractivity contribution >= 4 is 35.3 Å². The van der Waals surface area contributed by atoms with Crippen LogP contribution >= 0.6 is 23.7 Å². The topological polar surface area (TPSA) is 68.0 Å². The largest absolute Gasteiger partial charge is 0.325 e. The molecule has 0 unspecified atom stereocenters. The third-order valence-electron chi connectivity index (χ3n) is 3.28. The number of hydrogen-bond donors (Lipinski definition) is 2. The zero-order valence-electron chi connectivity index (χ0n) is 13.2. The molecule has 0 aliphatic heterocycles. The molecular formula is C16H22ClN3OS. The minimum atomic E-state index is -0.543. The lowest BCUT2D eigenvalue weighted by molar-refractivity contribution is -0.119. The standard InChI is InChI=1S/C16H21N3OS.ClH/c1-10-18-13(9-21-10)11-5-7-12(8-6-11)19-15(20)14(17)16(2,3)4;/h5-9,14H,17H2,1-4H3,(H,19,20);1H/t14-;/m1./s1. The van der Waals surface area contributed by atoms with Crippen molar-refractivity contribution in [2.75, 3.05) is 5.32 Å². The summed E-state index contributed by atoms with van der Waals surface area (Å²) >= 11 is 1.62. The lowest BCUT2D eigenvalue weighted by atomic mass is 9.87. The Morgan fingerprint density at radius 3 is 2.32 bits per heavy atom. The summed E-state index contributed by atoms with van der Waals surface area (Å²) in [5.41, 5.74) is 8.43. The van der Waals surface area contributed by atoms with Crippen LogP contribution in [0, 0.1) is 12.3 Å². The average Bonchev–Trinajstić information content (AvgIpc) is 2.84. The quantitative estimate of drug-likeness (QED) is 0.892. The second kappa shape index (κ2) is 7.22. The van der Waals surface area contributed by atoms with Crippen LogP contribution in [0.3, 0.4) is 0 Å². The number of carbonyl (C=O) groups excluding carboxylic acids is 1. The number of anilines is 1. The van der Waals surface area contributed by atoms with E-state index >= 15 is 0 Å². The third kappa shape index (κ3) is 4.53. The van der Waals surface area contributed by atoms with Crippen LogP contribution in [0.2, 0.25) is 0 Å². The van der Waals surface area contributed by atoms with Crippen molar-refractivity contribution in [3.63, 3.8) is 0 Å². The Bertz CT molecular complexity index is 632. The Labute approximate surface area is 141 Å². The highest BCUT2D eigenvalue weighted by atomic mass is 35.5. The van der Waals surface area contributed by atoms with Crippen LogP contribution in [0.5, 0.6) is 0 Å². The van der Waals surface area contributed by atoms with E-state index in [2.05, 4.69) is 10.3 Å². The van der Waals surface area contributed by atoms with Crippen molar-refractivity contribution in [2.45, 2.75) is 33.7 Å². The van der Waals surface area contributed by atoms with E-state index in [-0.39, 0.29) is 23.7 Å². The number of thiazole rings is 1. The Morgan fingerprint density at radius 1 is 1.27 bits per heavy atom. The molecule has 1 heterocycles. The van der Waals surface area contributed by atoms with Gasteiger partial charge in [0.05, 0.1) is 16.7 Å². The molecule has 0 fully saturated rings. The van der Waals surface area contributed by atoms with Crippen LogP contribution < -0.4 is 11.1 Å². The van der Waals surface area contributed by atoms with Gasteiger partial charge in [-0.15, -0.1) is 23.7 Å². The SMILES string of the molecule is Cc1nc(-c2ccc(NC(=O)[C@@H](N)C(C)(C)C)cc2)cs1.Cl. The van der Waals surface area contributed by atoms with Gasteiger partial charge in [-0.1, -0.05) is 32.9 Å². The Kier molecular flexibility index (Phi) is 6.11. The maximum absolute atomic E-state index is 12.1. The van der Waals surface area contributed by atoms with Crippen LogP contribution in [0.4, 0.5) is 5.69 Å². The number of halogens is 1. The predicted molar refractivity (Wildman–Crippen MR) is 95.6 cm³/mol. The van der Waals surface area contributed by atoms with E-state index in [1.807, 2.05) is 57.3 Å². The van der Waals surface area contributed by atoms with Gasteiger partial charge in [0, 0.05) is 16.6 Å². The van der Waals surface area contributed by atoms with Crippen molar-refractivity contribution in [1.29, 1.82) is 0 Å². The van der Waals surface area contributed by atoms with Crippen LogP contribution in [-0.2, 0) is 4.79 Å². The normalized spacial score (nSPS) is 12.4. The second-order valence-electron chi connectivity index (χ2n) is 6.16. The summed E-state index contributed by atoms with van der Waals surface area (Å²) in [4.78, 5) is 16.5. The van der Waals surface area contributed by atoms with E-state index in [0.29, 0.717) is 0 Å². The van der Waals surface area contributed by atoms with Gasteiger partial charge in [-0.05, 0) is 24.5 Å². The molecular weight excluding hydrogens is 318 g/mol. The van der Waals surface area contributed by atoms with E-state index in [4.69, 9.17) is 5.73 Å². The summed E-state index contributed by atoms with van der Waals surface area (Å²) in [6.45, 7) is 7.83. The van der Waals surface area contributed by atoms with Gasteiger partial charge in [0.15, 0.2) is 0 Å². The molecule has 0 aliphatic rings. The highest BCUT2D eigenvalue weighted by Gasteiger charge is 2.27. The van der Waals surface area contributed by atoms with Crippen LogP contribution in [-0.4, -0.2) is 16.9 Å². The first kappa shape index (κ1) is 18.6. The van der Waals surface area contributed by atoms with Crippen molar-refractivity contribution in [3.05, 3.63) is 34.7 Å². The highest BCUT2D eigenvalue weighted by molar-refractivity contribution is 7.09. The number of nitrogens with zero attached hydrogens (tertiary/aromatic N) is 1. The molecule has 22 heavy (non-hydrogen) atoms. The Balaban J connectivity index is 0.00000242.